The Kier molecular flexibility index (Phi) is 7.24. The van der Waals surface area contributed by atoms with E-state index in [4.69, 9.17) is 16.3 Å². The molecule has 0 aliphatic rings. The lowest BCUT2D eigenvalue weighted by Crippen LogP contribution is -2.22. The van der Waals surface area contributed by atoms with E-state index in [1.54, 1.807) is 31.3 Å². The molecule has 0 atom stereocenters. The molecule has 0 aliphatic heterocycles. The molecule has 0 saturated carbocycles. The Hall–Kier alpha value is -3.17. The maximum Gasteiger partial charge on any atom is 0.273 e. The van der Waals surface area contributed by atoms with Gasteiger partial charge in [-0.15, -0.1) is 0 Å². The summed E-state index contributed by atoms with van der Waals surface area (Å²) < 4.78 is 34.4. The number of nitrogens with zero attached hydrogens (tertiary/aromatic N) is 4. The highest BCUT2D eigenvalue weighted by Crippen LogP contribution is 2.30. The Morgan fingerprint density at radius 1 is 1.08 bits per heavy atom. The van der Waals surface area contributed by atoms with Gasteiger partial charge in [-0.1, -0.05) is 32.4 Å². The van der Waals surface area contributed by atoms with Crippen LogP contribution < -0.4 is 10.3 Å². The van der Waals surface area contributed by atoms with Crippen LogP contribution in [0.4, 0.5) is 8.78 Å². The molecule has 0 spiro atoms. The molecule has 0 aliphatic carbocycles. The number of benzene rings is 1. The summed E-state index contributed by atoms with van der Waals surface area (Å²) in [6, 6.07) is 8.28. The van der Waals surface area contributed by atoms with Crippen molar-refractivity contribution in [1.82, 2.24) is 19.5 Å². The Labute approximate surface area is 220 Å². The van der Waals surface area contributed by atoms with Crippen molar-refractivity contribution in [2.24, 2.45) is 0 Å². The van der Waals surface area contributed by atoms with Crippen molar-refractivity contribution < 1.29 is 13.5 Å². The molecule has 0 fully saturated rings. The average Bonchev–Trinajstić information content (AvgIpc) is 2.82. The smallest absolute Gasteiger partial charge is 0.273 e. The van der Waals surface area contributed by atoms with Crippen LogP contribution in [0.3, 0.4) is 0 Å². The minimum Gasteiger partial charge on any atom is -0.487 e. The lowest BCUT2D eigenvalue weighted by atomic mass is 9.95. The predicted molar refractivity (Wildman–Crippen MR) is 138 cm³/mol. The molecular weight excluding hydrogens is 554 g/mol. The van der Waals surface area contributed by atoms with Crippen LogP contribution >= 0.6 is 27.5 Å². The Balaban J connectivity index is 1.72. The van der Waals surface area contributed by atoms with Crippen LogP contribution in [-0.4, -0.2) is 19.5 Å². The second-order valence-electron chi connectivity index (χ2n) is 9.17. The Bertz CT molecular complexity index is 1520. The highest BCUT2D eigenvalue weighted by molar-refractivity contribution is 9.10. The number of aryl methyl sites for hydroxylation is 1. The molecule has 6 nitrogen and oxygen atoms in total. The van der Waals surface area contributed by atoms with Crippen molar-refractivity contribution in [2.45, 2.75) is 39.7 Å². The predicted octanol–water partition coefficient (Wildman–Crippen LogP) is 6.57. The summed E-state index contributed by atoms with van der Waals surface area (Å²) in [4.78, 5) is 26.7. The highest BCUT2D eigenvalue weighted by Gasteiger charge is 2.20. The molecule has 0 radical (unpaired) electrons. The van der Waals surface area contributed by atoms with Crippen LogP contribution in [-0.2, 0) is 12.0 Å². The standard InChI is InChI=1S/C26H22BrClF2N4O2/c1-14-9-22(36-13-15-5-6-16(29)10-18(15)30)23(27)24(35)34(14)21-11-20(32-12-17(21)28)19-7-8-31-25(33-19)26(2,3)4/h5-12H,13H2,1-4H3. The van der Waals surface area contributed by atoms with Gasteiger partial charge in [0.25, 0.3) is 5.56 Å². The third kappa shape index (κ3) is 5.32. The molecule has 0 N–H and O–H groups in total. The zero-order valence-corrected chi connectivity index (χ0v) is 22.3. The molecule has 0 bridgehead atoms. The molecule has 0 unspecified atom stereocenters. The minimum absolute atomic E-state index is 0.127. The Morgan fingerprint density at radius 3 is 2.53 bits per heavy atom. The van der Waals surface area contributed by atoms with E-state index in [0.717, 1.165) is 12.1 Å². The van der Waals surface area contributed by atoms with E-state index in [-0.39, 0.29) is 32.8 Å². The van der Waals surface area contributed by atoms with Gasteiger partial charge in [0.15, 0.2) is 0 Å². The van der Waals surface area contributed by atoms with Gasteiger partial charge in [-0.3, -0.25) is 14.3 Å². The van der Waals surface area contributed by atoms with E-state index in [2.05, 4.69) is 30.9 Å². The summed E-state index contributed by atoms with van der Waals surface area (Å²) in [6.07, 6.45) is 3.13. The van der Waals surface area contributed by atoms with Gasteiger partial charge in [0.1, 0.15) is 34.3 Å². The van der Waals surface area contributed by atoms with Gasteiger partial charge in [0.2, 0.25) is 0 Å². The van der Waals surface area contributed by atoms with Crippen molar-refractivity contribution in [3.05, 3.63) is 97.4 Å². The zero-order valence-electron chi connectivity index (χ0n) is 19.9. The first-order chi connectivity index (χ1) is 17.0. The van der Waals surface area contributed by atoms with Gasteiger partial charge in [-0.05, 0) is 47.1 Å². The van der Waals surface area contributed by atoms with E-state index >= 15 is 0 Å². The molecule has 186 valence electrons. The number of hydrogen-bond donors (Lipinski definition) is 0. The third-order valence-corrected chi connectivity index (χ3v) is 6.38. The van der Waals surface area contributed by atoms with Crippen molar-refractivity contribution >= 4 is 27.5 Å². The number of halogens is 4. The van der Waals surface area contributed by atoms with Crippen LogP contribution in [0.1, 0.15) is 37.9 Å². The van der Waals surface area contributed by atoms with E-state index in [1.165, 1.54) is 16.8 Å². The number of hydrogen-bond acceptors (Lipinski definition) is 5. The fourth-order valence-electron chi connectivity index (χ4n) is 3.48. The molecule has 36 heavy (non-hydrogen) atoms. The van der Waals surface area contributed by atoms with Crippen molar-refractivity contribution in [1.29, 1.82) is 0 Å². The SMILES string of the molecule is Cc1cc(OCc2ccc(F)cc2F)c(Br)c(=O)n1-c1cc(-c2ccnc(C(C)(C)C)n2)ncc1Cl. The first-order valence-electron chi connectivity index (χ1n) is 10.9. The van der Waals surface area contributed by atoms with Crippen molar-refractivity contribution in [3.8, 4) is 22.8 Å². The number of pyridine rings is 2. The van der Waals surface area contributed by atoms with Crippen LogP contribution in [0.25, 0.3) is 17.1 Å². The molecule has 4 aromatic rings. The highest BCUT2D eigenvalue weighted by atomic mass is 79.9. The second kappa shape index (κ2) is 10.1. The molecule has 0 amide bonds. The normalized spacial score (nSPS) is 11.6. The van der Waals surface area contributed by atoms with Gasteiger partial charge >= 0.3 is 0 Å². The number of aromatic nitrogens is 4. The molecule has 10 heteroatoms. The monoisotopic (exact) mass is 574 g/mol. The minimum atomic E-state index is -0.730. The summed E-state index contributed by atoms with van der Waals surface area (Å²) in [6.45, 7) is 7.58. The molecule has 0 saturated heterocycles. The number of rotatable bonds is 5. The molecular formula is C26H22BrClF2N4O2. The fraction of sp³-hybridized carbons (Fsp3) is 0.231. The van der Waals surface area contributed by atoms with Crippen LogP contribution in [0.5, 0.6) is 5.75 Å². The quantitative estimate of drug-likeness (QED) is 0.269. The molecule has 3 heterocycles. The van der Waals surface area contributed by atoms with Gasteiger partial charge in [0, 0.05) is 41.2 Å². The second-order valence-corrected chi connectivity index (χ2v) is 10.4. The fourth-order valence-corrected chi connectivity index (χ4v) is 4.08. The summed E-state index contributed by atoms with van der Waals surface area (Å²) in [5, 5.41) is 0.267. The van der Waals surface area contributed by atoms with E-state index in [0.29, 0.717) is 28.6 Å². The van der Waals surface area contributed by atoms with Crippen molar-refractivity contribution in [3.63, 3.8) is 0 Å². The van der Waals surface area contributed by atoms with Crippen molar-refractivity contribution in [2.75, 3.05) is 0 Å². The maximum atomic E-state index is 14.0. The van der Waals surface area contributed by atoms with Gasteiger partial charge in [-0.2, -0.15) is 0 Å². The average molecular weight is 576 g/mol. The van der Waals surface area contributed by atoms with E-state index in [1.807, 2.05) is 20.8 Å². The van der Waals surface area contributed by atoms with Crippen LogP contribution in [0.2, 0.25) is 5.02 Å². The first kappa shape index (κ1) is 25.9. The molecule has 3 aromatic heterocycles. The summed E-state index contributed by atoms with van der Waals surface area (Å²) in [7, 11) is 0. The summed E-state index contributed by atoms with van der Waals surface area (Å²) >= 11 is 9.75. The maximum absolute atomic E-state index is 14.0. The summed E-state index contributed by atoms with van der Waals surface area (Å²) in [5.74, 6) is -0.533. The van der Waals surface area contributed by atoms with E-state index < -0.39 is 17.2 Å². The molecule has 1 aromatic carbocycles. The molecule has 4 rings (SSSR count). The lowest BCUT2D eigenvalue weighted by molar-refractivity contribution is 0.296. The third-order valence-electron chi connectivity index (χ3n) is 5.36. The zero-order chi connectivity index (χ0) is 26.2. The largest absolute Gasteiger partial charge is 0.487 e. The van der Waals surface area contributed by atoms with Gasteiger partial charge < -0.3 is 4.74 Å². The topological polar surface area (TPSA) is 69.9 Å². The van der Waals surface area contributed by atoms with Crippen LogP contribution in [0, 0.1) is 18.6 Å². The first-order valence-corrected chi connectivity index (χ1v) is 12.1. The van der Waals surface area contributed by atoms with Crippen LogP contribution in [0.15, 0.2) is 58.1 Å². The van der Waals surface area contributed by atoms with E-state index in [9.17, 15) is 13.6 Å². The van der Waals surface area contributed by atoms with Gasteiger partial charge in [0.05, 0.1) is 22.1 Å². The summed E-state index contributed by atoms with van der Waals surface area (Å²) in [5.41, 5.74) is 1.53. The lowest BCUT2D eigenvalue weighted by Gasteiger charge is -2.18. The number of ether oxygens (including phenoxy) is 1. The Morgan fingerprint density at radius 2 is 1.83 bits per heavy atom. The van der Waals surface area contributed by atoms with Gasteiger partial charge in [-0.25, -0.2) is 18.7 Å².